The molecule has 0 aromatic rings. The summed E-state index contributed by atoms with van der Waals surface area (Å²) in [5.41, 5.74) is 0. The van der Waals surface area contributed by atoms with E-state index in [1.807, 2.05) is 13.8 Å². The fraction of sp³-hybridized carbons (Fsp3) is 0.857. The van der Waals surface area contributed by atoms with Gasteiger partial charge in [-0.2, -0.15) is 0 Å². The number of nitrogens with zero attached hydrogens (tertiary/aromatic N) is 2. The Labute approximate surface area is 116 Å². The smallest absolute Gasteiger partial charge is 0.247 e. The zero-order valence-corrected chi connectivity index (χ0v) is 12.6. The number of carbonyl (C=O) groups is 2. The van der Waals surface area contributed by atoms with E-state index in [-0.39, 0.29) is 23.9 Å². The molecule has 1 fully saturated rings. The third kappa shape index (κ3) is 4.28. The predicted octanol–water partition coefficient (Wildman–Crippen LogP) is 0.844. The van der Waals surface area contributed by atoms with Gasteiger partial charge in [-0.25, -0.2) is 0 Å². The zero-order valence-electron chi connectivity index (χ0n) is 12.6. The second-order valence-corrected chi connectivity index (χ2v) is 5.29. The Morgan fingerprint density at radius 1 is 1.32 bits per heavy atom. The predicted molar refractivity (Wildman–Crippen MR) is 75.8 cm³/mol. The van der Waals surface area contributed by atoms with Crippen LogP contribution in [0.4, 0.5) is 0 Å². The van der Waals surface area contributed by atoms with Gasteiger partial charge in [0.1, 0.15) is 0 Å². The largest absolute Gasteiger partial charge is 0.305 e. The number of hydrogen-bond acceptors (Lipinski definition) is 4. The van der Waals surface area contributed by atoms with Crippen LogP contribution in [0.25, 0.3) is 0 Å². The summed E-state index contributed by atoms with van der Waals surface area (Å²) < 4.78 is 0. The van der Waals surface area contributed by atoms with Crippen molar-refractivity contribution in [3.63, 3.8) is 0 Å². The van der Waals surface area contributed by atoms with Crippen LogP contribution in [0, 0.1) is 0 Å². The van der Waals surface area contributed by atoms with Crippen molar-refractivity contribution < 1.29 is 9.59 Å². The van der Waals surface area contributed by atoms with Crippen LogP contribution in [-0.4, -0.2) is 59.9 Å². The minimum Gasteiger partial charge on any atom is -0.305 e. The Morgan fingerprint density at radius 3 is 2.42 bits per heavy atom. The number of carbonyl (C=O) groups excluding carboxylic acids is 2. The van der Waals surface area contributed by atoms with Crippen molar-refractivity contribution in [1.82, 2.24) is 15.1 Å². The zero-order chi connectivity index (χ0) is 14.4. The van der Waals surface area contributed by atoms with Crippen LogP contribution < -0.4 is 5.32 Å². The van der Waals surface area contributed by atoms with Crippen molar-refractivity contribution in [3.05, 3.63) is 0 Å². The van der Waals surface area contributed by atoms with E-state index in [9.17, 15) is 9.59 Å². The molecule has 1 aliphatic rings. The number of hydrogen-bond donors (Lipinski definition) is 1. The molecule has 1 unspecified atom stereocenters. The molecular weight excluding hydrogens is 242 g/mol. The minimum atomic E-state index is -0.313. The lowest BCUT2D eigenvalue weighted by Gasteiger charge is -2.20. The van der Waals surface area contributed by atoms with Gasteiger partial charge >= 0.3 is 0 Å². The number of imide groups is 1. The monoisotopic (exact) mass is 269 g/mol. The van der Waals surface area contributed by atoms with Crippen LogP contribution in [0.5, 0.6) is 0 Å². The average Bonchev–Trinajstić information content (AvgIpc) is 2.64. The molecule has 1 heterocycles. The van der Waals surface area contributed by atoms with Gasteiger partial charge in [-0.3, -0.25) is 14.5 Å². The maximum absolute atomic E-state index is 12.0. The molecule has 1 rings (SSSR count). The van der Waals surface area contributed by atoms with Crippen molar-refractivity contribution in [2.45, 2.75) is 52.6 Å². The topological polar surface area (TPSA) is 52.7 Å². The Morgan fingerprint density at radius 2 is 1.95 bits per heavy atom. The maximum Gasteiger partial charge on any atom is 0.247 e. The van der Waals surface area contributed by atoms with Gasteiger partial charge in [-0.15, -0.1) is 0 Å². The molecule has 0 saturated carbocycles. The summed E-state index contributed by atoms with van der Waals surface area (Å²) in [5, 5.41) is 3.21. The van der Waals surface area contributed by atoms with Gasteiger partial charge < -0.3 is 10.2 Å². The van der Waals surface area contributed by atoms with Crippen LogP contribution >= 0.6 is 0 Å². The summed E-state index contributed by atoms with van der Waals surface area (Å²) in [6.45, 7) is 12.0. The first-order chi connectivity index (χ1) is 9.01. The molecule has 5 heteroatoms. The number of rotatable bonds is 8. The molecule has 110 valence electrons. The second kappa shape index (κ2) is 7.60. The number of amides is 2. The molecule has 1 saturated heterocycles. The average molecular weight is 269 g/mol. The Balaban J connectivity index is 2.31. The summed E-state index contributed by atoms with van der Waals surface area (Å²) in [4.78, 5) is 27.5. The van der Waals surface area contributed by atoms with Gasteiger partial charge in [-0.1, -0.05) is 13.8 Å². The second-order valence-electron chi connectivity index (χ2n) is 5.29. The molecule has 1 atom stereocenters. The molecule has 0 aromatic heterocycles. The van der Waals surface area contributed by atoms with Crippen molar-refractivity contribution in [2.24, 2.45) is 0 Å². The van der Waals surface area contributed by atoms with Crippen molar-refractivity contribution in [1.29, 1.82) is 0 Å². The first-order valence-corrected chi connectivity index (χ1v) is 7.32. The highest BCUT2D eigenvalue weighted by Gasteiger charge is 2.39. The first-order valence-electron chi connectivity index (χ1n) is 7.32. The summed E-state index contributed by atoms with van der Waals surface area (Å²) in [7, 11) is 0. The molecule has 19 heavy (non-hydrogen) atoms. The van der Waals surface area contributed by atoms with E-state index in [2.05, 4.69) is 24.1 Å². The van der Waals surface area contributed by atoms with Crippen LogP contribution in [-0.2, 0) is 9.59 Å². The normalized spacial score (nSPS) is 20.1. The summed E-state index contributed by atoms with van der Waals surface area (Å²) >= 11 is 0. The highest BCUT2D eigenvalue weighted by Crippen LogP contribution is 2.15. The van der Waals surface area contributed by atoms with Gasteiger partial charge in [0.05, 0.1) is 12.5 Å². The van der Waals surface area contributed by atoms with Gasteiger partial charge in [0.25, 0.3) is 0 Å². The molecule has 0 radical (unpaired) electrons. The highest BCUT2D eigenvalue weighted by molar-refractivity contribution is 6.05. The van der Waals surface area contributed by atoms with Crippen LogP contribution in [0.15, 0.2) is 0 Å². The molecule has 2 amide bonds. The fourth-order valence-corrected chi connectivity index (χ4v) is 2.47. The lowest BCUT2D eigenvalue weighted by Crippen LogP contribution is -2.42. The van der Waals surface area contributed by atoms with Crippen molar-refractivity contribution in [2.75, 3.05) is 26.2 Å². The van der Waals surface area contributed by atoms with E-state index < -0.39 is 0 Å². The molecule has 1 N–H and O–H groups in total. The molecule has 0 spiro atoms. The van der Waals surface area contributed by atoms with Gasteiger partial charge in [0, 0.05) is 6.04 Å². The Kier molecular flexibility index (Phi) is 6.45. The molecule has 5 nitrogen and oxygen atoms in total. The first kappa shape index (κ1) is 16.1. The van der Waals surface area contributed by atoms with Crippen LogP contribution in [0.1, 0.15) is 40.5 Å². The van der Waals surface area contributed by atoms with Gasteiger partial charge in [-0.05, 0) is 46.4 Å². The van der Waals surface area contributed by atoms with Gasteiger partial charge in [0.15, 0.2) is 0 Å². The minimum absolute atomic E-state index is 0.0394. The fourth-order valence-electron chi connectivity index (χ4n) is 2.47. The summed E-state index contributed by atoms with van der Waals surface area (Å²) in [5.74, 6) is -0.121. The summed E-state index contributed by atoms with van der Waals surface area (Å²) in [6, 6.07) is -0.353. The number of likely N-dealkylation sites (tertiary alicyclic amines) is 1. The molecular formula is C14H27N3O2. The maximum atomic E-state index is 12.0. The Bertz CT molecular complexity index is 314. The highest BCUT2D eigenvalue weighted by atomic mass is 16.2. The van der Waals surface area contributed by atoms with Crippen LogP contribution in [0.2, 0.25) is 0 Å². The van der Waals surface area contributed by atoms with E-state index in [0.29, 0.717) is 6.42 Å². The SMILES string of the molecule is CCN(CC)CCCNC1CC(=O)N(C(C)C)C1=O. The number of nitrogens with one attached hydrogen (secondary N) is 1. The van der Waals surface area contributed by atoms with E-state index in [1.54, 1.807) is 0 Å². The lowest BCUT2D eigenvalue weighted by atomic mass is 10.2. The standard InChI is InChI=1S/C14H27N3O2/c1-5-16(6-2)9-7-8-15-12-10-13(18)17(11(3)4)14(12)19/h11-12,15H,5-10H2,1-4H3. The van der Waals surface area contributed by atoms with E-state index in [4.69, 9.17) is 0 Å². The quantitative estimate of drug-likeness (QED) is 0.524. The summed E-state index contributed by atoms with van der Waals surface area (Å²) in [6.07, 6.45) is 1.31. The van der Waals surface area contributed by atoms with Crippen molar-refractivity contribution >= 4 is 11.8 Å². The molecule has 1 aliphatic heterocycles. The third-order valence-corrected chi connectivity index (χ3v) is 3.64. The lowest BCUT2D eigenvalue weighted by molar-refractivity contribution is -0.140. The third-order valence-electron chi connectivity index (χ3n) is 3.64. The molecule has 0 aromatic carbocycles. The van der Waals surface area contributed by atoms with Crippen LogP contribution in [0.3, 0.4) is 0 Å². The van der Waals surface area contributed by atoms with E-state index in [0.717, 1.165) is 32.6 Å². The van der Waals surface area contributed by atoms with Crippen molar-refractivity contribution in [3.8, 4) is 0 Å². The van der Waals surface area contributed by atoms with E-state index >= 15 is 0 Å². The molecule has 0 aliphatic carbocycles. The van der Waals surface area contributed by atoms with Gasteiger partial charge in [0.2, 0.25) is 11.8 Å². The van der Waals surface area contributed by atoms with E-state index in [1.165, 1.54) is 4.90 Å². The molecule has 0 bridgehead atoms. The Hall–Kier alpha value is -0.940.